The summed E-state index contributed by atoms with van der Waals surface area (Å²) in [5.41, 5.74) is 1.33. The van der Waals surface area contributed by atoms with Crippen molar-refractivity contribution in [3.05, 3.63) is 0 Å². The zero-order valence-electron chi connectivity index (χ0n) is 21.7. The largest absolute Gasteiger partial charge is 0.0651 e. The van der Waals surface area contributed by atoms with Gasteiger partial charge in [-0.05, 0) is 115 Å². The molecule has 0 spiro atoms. The summed E-state index contributed by atoms with van der Waals surface area (Å²) in [6.45, 7) is 18.0. The third kappa shape index (κ3) is 3.73. The number of fused-ring (bicyclic) bond motifs is 5. The van der Waals surface area contributed by atoms with Crippen LogP contribution in [0.5, 0.6) is 0 Å². The fraction of sp³-hybridized carbons (Fsp3) is 1.00. The molecule has 30 heavy (non-hydrogen) atoms. The predicted octanol–water partition coefficient (Wildman–Crippen LogP) is 9.38. The van der Waals surface area contributed by atoms with Gasteiger partial charge in [-0.25, -0.2) is 0 Å². The Hall–Kier alpha value is 0. The molecule has 10 atom stereocenters. The van der Waals surface area contributed by atoms with Crippen LogP contribution in [0.4, 0.5) is 0 Å². The Morgan fingerprint density at radius 2 is 1.47 bits per heavy atom. The molecule has 0 saturated heterocycles. The molecule has 0 nitrogen and oxygen atoms in total. The molecular weight excluding hydrogens is 360 g/mol. The molecule has 4 aliphatic rings. The van der Waals surface area contributed by atoms with Gasteiger partial charge in [-0.2, -0.15) is 0 Å². The third-order valence-electron chi connectivity index (χ3n) is 12.2. The summed E-state index contributed by atoms with van der Waals surface area (Å²) in [4.78, 5) is 0. The molecule has 0 N–H and O–H groups in total. The summed E-state index contributed by atoms with van der Waals surface area (Å²) in [5.74, 6) is 8.93. The van der Waals surface area contributed by atoms with Crippen molar-refractivity contribution in [1.29, 1.82) is 0 Å². The van der Waals surface area contributed by atoms with Crippen molar-refractivity contribution in [2.24, 2.45) is 64.1 Å². The molecule has 2 unspecified atom stereocenters. The van der Waals surface area contributed by atoms with E-state index in [2.05, 4.69) is 48.5 Å². The van der Waals surface area contributed by atoms with Gasteiger partial charge in [-0.1, -0.05) is 74.1 Å². The molecule has 4 aliphatic carbocycles. The Bertz CT molecular complexity index is 577. The Morgan fingerprint density at radius 3 is 2.17 bits per heavy atom. The van der Waals surface area contributed by atoms with E-state index < -0.39 is 0 Å². The molecule has 0 bridgehead atoms. The van der Waals surface area contributed by atoms with Crippen LogP contribution >= 0.6 is 0 Å². The fourth-order valence-corrected chi connectivity index (χ4v) is 10.5. The van der Waals surface area contributed by atoms with Gasteiger partial charge in [0.1, 0.15) is 0 Å². The standard InChI is InChI=1S/C30H54/c1-8-23(20(2)3)12-11-22(5)26-15-16-27-24-13-14-25-21(4)10-9-18-29(25,6)28(24)17-19-30(26,27)7/h20-28H,8-19H2,1-7H3/t21-,22-,23?,24+,25?,26-,27+,28+,29+,30-/m1/s1. The summed E-state index contributed by atoms with van der Waals surface area (Å²) >= 11 is 0. The van der Waals surface area contributed by atoms with Crippen LogP contribution in [0.15, 0.2) is 0 Å². The van der Waals surface area contributed by atoms with Crippen molar-refractivity contribution >= 4 is 0 Å². The maximum atomic E-state index is 2.76. The SMILES string of the molecule is CCC(CC[C@@H](C)[C@H]1CC[C@H]2[C@@H]3CCC4[C@H](C)CCC[C@]4(C)[C@H]3CC[C@]12C)C(C)C. The first kappa shape index (κ1) is 23.2. The van der Waals surface area contributed by atoms with Crippen LogP contribution in [0, 0.1) is 64.1 Å². The lowest BCUT2D eigenvalue weighted by Gasteiger charge is -2.62. The minimum Gasteiger partial charge on any atom is -0.0651 e. The van der Waals surface area contributed by atoms with Crippen molar-refractivity contribution in [3.8, 4) is 0 Å². The first-order valence-electron chi connectivity index (χ1n) is 14.2. The van der Waals surface area contributed by atoms with Crippen LogP contribution in [-0.4, -0.2) is 0 Å². The lowest BCUT2D eigenvalue weighted by atomic mass is 9.43. The highest BCUT2D eigenvalue weighted by molar-refractivity contribution is 5.09. The molecule has 0 radical (unpaired) electrons. The zero-order valence-corrected chi connectivity index (χ0v) is 21.7. The molecule has 174 valence electrons. The number of hydrogen-bond donors (Lipinski definition) is 0. The highest BCUT2D eigenvalue weighted by atomic mass is 14.7. The van der Waals surface area contributed by atoms with E-state index in [1.54, 1.807) is 44.9 Å². The maximum Gasteiger partial charge on any atom is -0.0264 e. The van der Waals surface area contributed by atoms with Crippen molar-refractivity contribution in [2.45, 2.75) is 126 Å². The van der Waals surface area contributed by atoms with Crippen molar-refractivity contribution in [3.63, 3.8) is 0 Å². The van der Waals surface area contributed by atoms with Gasteiger partial charge in [0.25, 0.3) is 0 Å². The highest BCUT2D eigenvalue weighted by Gasteiger charge is 2.60. The van der Waals surface area contributed by atoms with Crippen LogP contribution in [0.2, 0.25) is 0 Å². The van der Waals surface area contributed by atoms with Crippen molar-refractivity contribution in [1.82, 2.24) is 0 Å². The summed E-state index contributed by atoms with van der Waals surface area (Å²) in [6.07, 6.45) is 18.2. The molecule has 0 aromatic carbocycles. The van der Waals surface area contributed by atoms with Gasteiger partial charge in [-0.3, -0.25) is 0 Å². The fourth-order valence-electron chi connectivity index (χ4n) is 10.5. The van der Waals surface area contributed by atoms with Gasteiger partial charge in [0.05, 0.1) is 0 Å². The highest BCUT2D eigenvalue weighted by Crippen LogP contribution is 2.68. The van der Waals surface area contributed by atoms with E-state index >= 15 is 0 Å². The predicted molar refractivity (Wildman–Crippen MR) is 131 cm³/mol. The topological polar surface area (TPSA) is 0 Å². The van der Waals surface area contributed by atoms with E-state index in [0.717, 1.165) is 53.3 Å². The molecule has 0 aliphatic heterocycles. The van der Waals surface area contributed by atoms with Crippen molar-refractivity contribution in [2.75, 3.05) is 0 Å². The average Bonchev–Trinajstić information content (AvgIpc) is 3.05. The van der Waals surface area contributed by atoms with Crippen LogP contribution in [0.1, 0.15) is 126 Å². The van der Waals surface area contributed by atoms with E-state index in [4.69, 9.17) is 0 Å². The van der Waals surface area contributed by atoms with E-state index in [1.807, 2.05) is 0 Å². The summed E-state index contributed by atoms with van der Waals surface area (Å²) in [5, 5.41) is 0. The van der Waals surface area contributed by atoms with Gasteiger partial charge in [0.2, 0.25) is 0 Å². The zero-order chi connectivity index (χ0) is 21.7. The smallest absolute Gasteiger partial charge is 0.0264 e. The minimum absolute atomic E-state index is 0.656. The van der Waals surface area contributed by atoms with E-state index in [1.165, 1.54) is 32.1 Å². The van der Waals surface area contributed by atoms with Gasteiger partial charge < -0.3 is 0 Å². The Balaban J connectivity index is 1.46. The first-order valence-corrected chi connectivity index (χ1v) is 14.2. The molecule has 4 saturated carbocycles. The Kier molecular flexibility index (Phi) is 6.75. The Morgan fingerprint density at radius 1 is 0.767 bits per heavy atom. The summed E-state index contributed by atoms with van der Waals surface area (Å²) < 4.78 is 0. The normalized spacial score (nSPS) is 48.0. The monoisotopic (exact) mass is 414 g/mol. The van der Waals surface area contributed by atoms with Crippen LogP contribution < -0.4 is 0 Å². The average molecular weight is 415 g/mol. The van der Waals surface area contributed by atoms with E-state index in [0.29, 0.717) is 10.8 Å². The third-order valence-corrected chi connectivity index (χ3v) is 12.2. The van der Waals surface area contributed by atoms with E-state index in [-0.39, 0.29) is 0 Å². The molecule has 0 aromatic heterocycles. The lowest BCUT2D eigenvalue weighted by Crippen LogP contribution is -2.54. The van der Waals surface area contributed by atoms with Crippen LogP contribution in [0.25, 0.3) is 0 Å². The summed E-state index contributed by atoms with van der Waals surface area (Å²) in [6, 6.07) is 0. The molecule has 0 amide bonds. The molecule has 0 heterocycles. The lowest BCUT2D eigenvalue weighted by molar-refractivity contribution is -0.127. The number of hydrogen-bond acceptors (Lipinski definition) is 0. The Labute approximate surface area is 189 Å². The van der Waals surface area contributed by atoms with Crippen LogP contribution in [-0.2, 0) is 0 Å². The van der Waals surface area contributed by atoms with Crippen molar-refractivity contribution < 1.29 is 0 Å². The second-order valence-electron chi connectivity index (χ2n) is 13.6. The molecular formula is C30H54. The second-order valence-corrected chi connectivity index (χ2v) is 13.6. The summed E-state index contributed by atoms with van der Waals surface area (Å²) in [7, 11) is 0. The second kappa shape index (κ2) is 8.74. The van der Waals surface area contributed by atoms with Gasteiger partial charge in [-0.15, -0.1) is 0 Å². The van der Waals surface area contributed by atoms with Gasteiger partial charge >= 0.3 is 0 Å². The van der Waals surface area contributed by atoms with Gasteiger partial charge in [0.15, 0.2) is 0 Å². The maximum absolute atomic E-state index is 2.76. The first-order chi connectivity index (χ1) is 14.2. The van der Waals surface area contributed by atoms with Gasteiger partial charge in [0, 0.05) is 0 Å². The van der Waals surface area contributed by atoms with E-state index in [9.17, 15) is 0 Å². The molecule has 4 fully saturated rings. The molecule has 0 aromatic rings. The molecule has 0 heteroatoms. The quantitative estimate of drug-likeness (QED) is 0.406. The van der Waals surface area contributed by atoms with Crippen LogP contribution in [0.3, 0.4) is 0 Å². The molecule has 4 rings (SSSR count). The minimum atomic E-state index is 0.656. The number of rotatable bonds is 6.